The van der Waals surface area contributed by atoms with Gasteiger partial charge in [-0.1, -0.05) is 0 Å². The summed E-state index contributed by atoms with van der Waals surface area (Å²) >= 11 is 0. The zero-order valence-corrected chi connectivity index (χ0v) is 21.3. The number of nitrogens with zero attached hydrogens (tertiary/aromatic N) is 3. The van der Waals surface area contributed by atoms with Gasteiger partial charge in [-0.25, -0.2) is 23.5 Å². The van der Waals surface area contributed by atoms with Crippen molar-refractivity contribution in [3.63, 3.8) is 0 Å². The van der Waals surface area contributed by atoms with Crippen molar-refractivity contribution in [1.29, 1.82) is 0 Å². The highest BCUT2D eigenvalue weighted by Gasteiger charge is 2.28. The van der Waals surface area contributed by atoms with Crippen molar-refractivity contribution < 1.29 is 32.9 Å². The highest BCUT2D eigenvalue weighted by Crippen LogP contribution is 2.40. The molecule has 0 spiro atoms. The number of alkyl carbamates (subject to hydrolysis) is 1. The Morgan fingerprint density at radius 3 is 2.84 bits per heavy atom. The number of hydrogen-bond acceptors (Lipinski definition) is 9. The number of carbonyl (C=O) groups is 2. The summed E-state index contributed by atoms with van der Waals surface area (Å²) in [4.78, 5) is 28.7. The summed E-state index contributed by atoms with van der Waals surface area (Å²) in [5.74, 6) is 0.0530. The van der Waals surface area contributed by atoms with Crippen LogP contribution in [0.15, 0.2) is 30.6 Å². The molecular formula is C25H30FN5O6. The van der Waals surface area contributed by atoms with Crippen LogP contribution in [-0.4, -0.2) is 58.1 Å². The van der Waals surface area contributed by atoms with Gasteiger partial charge in [0.15, 0.2) is 23.3 Å². The molecule has 12 heteroatoms. The molecule has 198 valence electrons. The van der Waals surface area contributed by atoms with Gasteiger partial charge < -0.3 is 29.6 Å². The number of anilines is 1. The van der Waals surface area contributed by atoms with E-state index in [0.29, 0.717) is 22.8 Å². The van der Waals surface area contributed by atoms with Gasteiger partial charge in [0, 0.05) is 17.8 Å². The highest BCUT2D eigenvalue weighted by molar-refractivity contribution is 5.95. The van der Waals surface area contributed by atoms with Crippen molar-refractivity contribution >= 4 is 23.5 Å². The van der Waals surface area contributed by atoms with E-state index in [1.165, 1.54) is 22.8 Å². The largest absolute Gasteiger partial charge is 0.486 e. The quantitative estimate of drug-likeness (QED) is 0.451. The van der Waals surface area contributed by atoms with Crippen LogP contribution < -0.4 is 20.1 Å². The Balaban J connectivity index is 1.51. The molecule has 1 amide bonds. The normalized spacial score (nSPS) is 15.7. The predicted octanol–water partition coefficient (Wildman–Crippen LogP) is 3.88. The van der Waals surface area contributed by atoms with Crippen molar-refractivity contribution in [3.05, 3.63) is 47.5 Å². The average Bonchev–Trinajstić information content (AvgIpc) is 3.24. The lowest BCUT2D eigenvalue weighted by molar-refractivity contribution is 0.0449. The van der Waals surface area contributed by atoms with Crippen LogP contribution in [-0.2, 0) is 9.47 Å². The van der Waals surface area contributed by atoms with Gasteiger partial charge in [-0.2, -0.15) is 5.10 Å². The molecule has 0 fully saturated rings. The topological polar surface area (TPSA) is 125 Å². The van der Waals surface area contributed by atoms with E-state index in [4.69, 9.17) is 18.9 Å². The van der Waals surface area contributed by atoms with Crippen LogP contribution in [0, 0.1) is 5.82 Å². The fraction of sp³-hybridized carbons (Fsp3) is 0.440. The maximum absolute atomic E-state index is 14.4. The van der Waals surface area contributed by atoms with Crippen molar-refractivity contribution in [2.45, 2.75) is 52.4 Å². The number of aromatic nitrogens is 3. The summed E-state index contributed by atoms with van der Waals surface area (Å²) in [5, 5.41) is 10.0. The van der Waals surface area contributed by atoms with Gasteiger partial charge in [0.25, 0.3) is 0 Å². The molecule has 2 atom stereocenters. The molecule has 37 heavy (non-hydrogen) atoms. The molecule has 1 aliphatic rings. The predicted molar refractivity (Wildman–Crippen MR) is 132 cm³/mol. The Bertz CT molecular complexity index is 1300. The van der Waals surface area contributed by atoms with Gasteiger partial charge in [-0.15, -0.1) is 0 Å². The van der Waals surface area contributed by atoms with Crippen LogP contribution in [0.3, 0.4) is 0 Å². The first-order valence-electron chi connectivity index (χ1n) is 11.9. The molecule has 1 unspecified atom stereocenters. The van der Waals surface area contributed by atoms with E-state index in [0.717, 1.165) is 0 Å². The number of carbonyl (C=O) groups excluding carboxylic acids is 2. The SMILES string of the molecule is CCOC(=O)c1cnn2ccc(NC(C)c3cc(F)cc4c3O[C@H](CNC(=O)OC(C)(C)C)CO4)nc12. The van der Waals surface area contributed by atoms with Gasteiger partial charge in [-0.05, 0) is 46.8 Å². The van der Waals surface area contributed by atoms with Crippen LogP contribution in [0.1, 0.15) is 56.6 Å². The van der Waals surface area contributed by atoms with Crippen LogP contribution >= 0.6 is 0 Å². The zero-order valence-electron chi connectivity index (χ0n) is 21.3. The minimum atomic E-state index is -0.628. The van der Waals surface area contributed by atoms with Gasteiger partial charge >= 0.3 is 12.1 Å². The molecule has 4 rings (SSSR count). The van der Waals surface area contributed by atoms with E-state index in [-0.39, 0.29) is 31.1 Å². The number of amides is 1. The summed E-state index contributed by atoms with van der Waals surface area (Å²) in [5.41, 5.74) is 0.429. The van der Waals surface area contributed by atoms with Crippen LogP contribution in [0.2, 0.25) is 0 Å². The van der Waals surface area contributed by atoms with Gasteiger partial charge in [0.2, 0.25) is 0 Å². The number of halogens is 1. The van der Waals surface area contributed by atoms with E-state index in [9.17, 15) is 14.0 Å². The summed E-state index contributed by atoms with van der Waals surface area (Å²) < 4.78 is 38.1. The van der Waals surface area contributed by atoms with Crippen LogP contribution in [0.4, 0.5) is 15.0 Å². The van der Waals surface area contributed by atoms with Crippen LogP contribution in [0.25, 0.3) is 5.65 Å². The molecule has 3 heterocycles. The van der Waals surface area contributed by atoms with Crippen molar-refractivity contribution in [2.75, 3.05) is 25.1 Å². The molecule has 1 aliphatic heterocycles. The molecule has 3 aromatic rings. The Hall–Kier alpha value is -4.09. The van der Waals surface area contributed by atoms with E-state index in [1.54, 1.807) is 40.0 Å². The molecule has 0 radical (unpaired) electrons. The fourth-order valence-electron chi connectivity index (χ4n) is 3.74. The minimum absolute atomic E-state index is 0.129. The second kappa shape index (κ2) is 10.5. The maximum Gasteiger partial charge on any atom is 0.407 e. The Kier molecular flexibility index (Phi) is 7.37. The first-order chi connectivity index (χ1) is 17.5. The number of esters is 1. The molecule has 1 aromatic carbocycles. The first-order valence-corrected chi connectivity index (χ1v) is 11.9. The summed E-state index contributed by atoms with van der Waals surface area (Å²) in [6.45, 7) is 9.35. The third-order valence-corrected chi connectivity index (χ3v) is 5.33. The lowest BCUT2D eigenvalue weighted by Gasteiger charge is -2.30. The molecule has 0 saturated carbocycles. The third-order valence-electron chi connectivity index (χ3n) is 5.33. The molecule has 2 aromatic heterocycles. The first kappa shape index (κ1) is 26.0. The van der Waals surface area contributed by atoms with Crippen molar-refractivity contribution in [2.24, 2.45) is 0 Å². The zero-order chi connectivity index (χ0) is 26.7. The van der Waals surface area contributed by atoms with Gasteiger partial charge in [-0.3, -0.25) is 0 Å². The number of benzene rings is 1. The van der Waals surface area contributed by atoms with E-state index in [2.05, 4.69) is 20.7 Å². The number of fused-ring (bicyclic) bond motifs is 2. The molecule has 0 bridgehead atoms. The van der Waals surface area contributed by atoms with Crippen molar-refractivity contribution in [3.8, 4) is 11.5 Å². The number of ether oxygens (including phenoxy) is 4. The Labute approximate surface area is 213 Å². The lowest BCUT2D eigenvalue weighted by Crippen LogP contribution is -2.42. The average molecular weight is 516 g/mol. The van der Waals surface area contributed by atoms with E-state index >= 15 is 0 Å². The van der Waals surface area contributed by atoms with Crippen LogP contribution in [0.5, 0.6) is 11.5 Å². The van der Waals surface area contributed by atoms with E-state index < -0.39 is 35.6 Å². The number of hydrogen-bond donors (Lipinski definition) is 2. The summed E-state index contributed by atoms with van der Waals surface area (Å²) in [6.07, 6.45) is 1.97. The molecule has 11 nitrogen and oxygen atoms in total. The molecule has 0 aliphatic carbocycles. The molecular weight excluding hydrogens is 485 g/mol. The monoisotopic (exact) mass is 515 g/mol. The van der Waals surface area contributed by atoms with Gasteiger partial charge in [0.05, 0.1) is 25.4 Å². The second-order valence-corrected chi connectivity index (χ2v) is 9.48. The fourth-order valence-corrected chi connectivity index (χ4v) is 3.74. The minimum Gasteiger partial charge on any atom is -0.486 e. The Morgan fingerprint density at radius 1 is 1.32 bits per heavy atom. The van der Waals surface area contributed by atoms with E-state index in [1.807, 2.05) is 6.92 Å². The van der Waals surface area contributed by atoms with Gasteiger partial charge in [0.1, 0.15) is 29.4 Å². The third kappa shape index (κ3) is 6.19. The lowest BCUT2D eigenvalue weighted by atomic mass is 10.1. The summed E-state index contributed by atoms with van der Waals surface area (Å²) in [6, 6.07) is 3.83. The van der Waals surface area contributed by atoms with Crippen molar-refractivity contribution in [1.82, 2.24) is 19.9 Å². The molecule has 2 N–H and O–H groups in total. The second-order valence-electron chi connectivity index (χ2n) is 9.48. The number of nitrogens with one attached hydrogen (secondary N) is 2. The summed E-state index contributed by atoms with van der Waals surface area (Å²) in [7, 11) is 0. The number of rotatable bonds is 7. The highest BCUT2D eigenvalue weighted by atomic mass is 19.1. The standard InChI is InChI=1S/C25H30FN5O6/c1-6-34-23(32)18-12-28-31-8-7-20(30-22(18)31)29-14(2)17-9-15(26)10-19-21(17)36-16(13-35-19)11-27-24(33)37-25(3,4)5/h7-10,12,14,16H,6,11,13H2,1-5H3,(H,27,33)(H,29,30)/t14?,16-/m1/s1. The maximum atomic E-state index is 14.4. The smallest absolute Gasteiger partial charge is 0.407 e. The molecule has 0 saturated heterocycles. The Morgan fingerprint density at radius 2 is 2.11 bits per heavy atom.